The first-order valence-corrected chi connectivity index (χ1v) is 7.01. The van der Waals surface area contributed by atoms with E-state index >= 15 is 0 Å². The number of non-ortho nitro benzene ring substituents is 1. The van der Waals surface area contributed by atoms with Crippen LogP contribution in [0.2, 0.25) is 0 Å². The molecule has 0 bridgehead atoms. The van der Waals surface area contributed by atoms with Crippen molar-refractivity contribution in [2.45, 2.75) is 6.92 Å². The summed E-state index contributed by atoms with van der Waals surface area (Å²) in [5.41, 5.74) is 2.67. The van der Waals surface area contributed by atoms with E-state index < -0.39 is 4.92 Å². The fourth-order valence-electron chi connectivity index (χ4n) is 1.96. The van der Waals surface area contributed by atoms with Gasteiger partial charge in [-0.05, 0) is 35.4 Å². The number of nitrogens with one attached hydrogen (secondary N) is 1. The number of amides is 1. The normalized spacial score (nSPS) is 11.0. The molecule has 0 fully saturated rings. The molecule has 0 saturated carbocycles. The molecule has 0 radical (unpaired) electrons. The summed E-state index contributed by atoms with van der Waals surface area (Å²) in [7, 11) is 0. The first kappa shape index (κ1) is 16.2. The zero-order valence-corrected chi connectivity index (χ0v) is 12.6. The van der Waals surface area contributed by atoms with Crippen LogP contribution in [0.1, 0.15) is 18.1 Å². The van der Waals surface area contributed by atoms with Gasteiger partial charge in [-0.3, -0.25) is 14.9 Å². The van der Waals surface area contributed by atoms with Crippen molar-refractivity contribution < 1.29 is 9.72 Å². The fourth-order valence-corrected chi connectivity index (χ4v) is 1.96. The van der Waals surface area contributed by atoms with E-state index in [2.05, 4.69) is 5.32 Å². The number of rotatable bonds is 5. The number of benzene rings is 2. The Balaban J connectivity index is 2.00. The van der Waals surface area contributed by atoms with Crippen molar-refractivity contribution in [1.29, 1.82) is 0 Å². The van der Waals surface area contributed by atoms with E-state index in [1.54, 1.807) is 12.1 Å². The molecule has 0 saturated heterocycles. The zero-order valence-electron chi connectivity index (χ0n) is 12.6. The van der Waals surface area contributed by atoms with Crippen LogP contribution in [-0.2, 0) is 4.79 Å². The lowest BCUT2D eigenvalue weighted by Crippen LogP contribution is -2.05. The van der Waals surface area contributed by atoms with E-state index in [-0.39, 0.29) is 11.6 Å². The lowest BCUT2D eigenvalue weighted by molar-refractivity contribution is -0.384. The number of carbonyl (C=O) groups is 1. The summed E-state index contributed by atoms with van der Waals surface area (Å²) in [4.78, 5) is 21.2. The summed E-state index contributed by atoms with van der Waals surface area (Å²) in [5, 5.41) is 13.3. The maximum Gasteiger partial charge on any atom is 0.269 e. The average molecular weight is 308 g/mol. The molecule has 0 spiro atoms. The van der Waals surface area contributed by atoms with Crippen molar-refractivity contribution >= 4 is 29.4 Å². The van der Waals surface area contributed by atoms with Crippen molar-refractivity contribution in [3.63, 3.8) is 0 Å². The van der Waals surface area contributed by atoms with Crippen LogP contribution in [-0.4, -0.2) is 10.8 Å². The second-order valence-corrected chi connectivity index (χ2v) is 4.87. The quantitative estimate of drug-likeness (QED) is 0.509. The van der Waals surface area contributed by atoms with Gasteiger partial charge in [0.1, 0.15) is 0 Å². The molecule has 1 amide bonds. The number of carbonyl (C=O) groups excluding carboxylic acids is 1. The maximum atomic E-state index is 11.0. The Bertz CT molecular complexity index is 762. The van der Waals surface area contributed by atoms with Gasteiger partial charge in [-0.1, -0.05) is 36.4 Å². The molecule has 0 heterocycles. The van der Waals surface area contributed by atoms with Gasteiger partial charge in [0, 0.05) is 24.7 Å². The minimum absolute atomic E-state index is 0.0764. The van der Waals surface area contributed by atoms with Crippen LogP contribution in [0.5, 0.6) is 0 Å². The highest BCUT2D eigenvalue weighted by Crippen LogP contribution is 2.14. The Labute approximate surface area is 134 Å². The van der Waals surface area contributed by atoms with Gasteiger partial charge in [-0.15, -0.1) is 0 Å². The number of hydrogen-bond donors (Lipinski definition) is 1. The van der Waals surface area contributed by atoms with Crippen molar-refractivity contribution in [2.75, 3.05) is 5.32 Å². The van der Waals surface area contributed by atoms with Gasteiger partial charge in [0.25, 0.3) is 5.69 Å². The summed E-state index contributed by atoms with van der Waals surface area (Å²) < 4.78 is 0. The molecule has 2 aromatic rings. The van der Waals surface area contributed by atoms with E-state index in [0.717, 1.165) is 16.8 Å². The zero-order chi connectivity index (χ0) is 16.7. The largest absolute Gasteiger partial charge is 0.326 e. The monoisotopic (exact) mass is 308 g/mol. The van der Waals surface area contributed by atoms with Gasteiger partial charge in [-0.2, -0.15) is 0 Å². The summed E-state index contributed by atoms with van der Waals surface area (Å²) in [6.45, 7) is 1.47. The number of hydrogen-bond acceptors (Lipinski definition) is 3. The molecule has 1 N–H and O–H groups in total. The average Bonchev–Trinajstić information content (AvgIpc) is 2.52. The molecule has 2 rings (SSSR count). The Morgan fingerprint density at radius 1 is 1.04 bits per heavy atom. The van der Waals surface area contributed by atoms with Crippen LogP contribution < -0.4 is 5.32 Å². The maximum absolute atomic E-state index is 11.0. The van der Waals surface area contributed by atoms with Crippen LogP contribution in [0, 0.1) is 10.1 Å². The van der Waals surface area contributed by atoms with E-state index in [4.69, 9.17) is 0 Å². The summed E-state index contributed by atoms with van der Waals surface area (Å²) >= 11 is 0. The van der Waals surface area contributed by atoms with Gasteiger partial charge in [0.15, 0.2) is 0 Å². The first-order chi connectivity index (χ1) is 11.0. The fraction of sp³-hybridized carbons (Fsp3) is 0.0556. The molecule has 23 heavy (non-hydrogen) atoms. The molecule has 0 aliphatic heterocycles. The van der Waals surface area contributed by atoms with Gasteiger partial charge in [0.05, 0.1) is 4.92 Å². The van der Waals surface area contributed by atoms with Crippen LogP contribution in [0.25, 0.3) is 12.2 Å². The number of allylic oxidation sites excluding steroid dienone is 2. The Morgan fingerprint density at radius 3 is 2.30 bits per heavy atom. The van der Waals surface area contributed by atoms with Crippen LogP contribution >= 0.6 is 0 Å². The second-order valence-electron chi connectivity index (χ2n) is 4.87. The molecule has 0 atom stereocenters. The van der Waals surface area contributed by atoms with Gasteiger partial charge in [0.2, 0.25) is 5.91 Å². The Morgan fingerprint density at radius 2 is 1.70 bits per heavy atom. The predicted molar refractivity (Wildman–Crippen MR) is 91.9 cm³/mol. The van der Waals surface area contributed by atoms with Gasteiger partial charge >= 0.3 is 0 Å². The summed E-state index contributed by atoms with van der Waals surface area (Å²) in [6, 6.07) is 13.8. The Hall–Kier alpha value is -3.21. The molecule has 2 aromatic carbocycles. The van der Waals surface area contributed by atoms with E-state index in [1.807, 2.05) is 48.6 Å². The highest BCUT2D eigenvalue weighted by Gasteiger charge is 2.01. The first-order valence-electron chi connectivity index (χ1n) is 7.01. The molecule has 0 aliphatic carbocycles. The van der Waals surface area contributed by atoms with Crippen molar-refractivity contribution in [2.24, 2.45) is 0 Å². The van der Waals surface area contributed by atoms with Crippen LogP contribution in [0.15, 0.2) is 60.7 Å². The smallest absolute Gasteiger partial charge is 0.269 e. The van der Waals surface area contributed by atoms with Crippen molar-refractivity contribution in [1.82, 2.24) is 0 Å². The molecular formula is C18H16N2O3. The minimum Gasteiger partial charge on any atom is -0.326 e. The summed E-state index contributed by atoms with van der Waals surface area (Å²) in [5.74, 6) is -0.107. The van der Waals surface area contributed by atoms with Crippen molar-refractivity contribution in [3.05, 3.63) is 81.9 Å². The van der Waals surface area contributed by atoms with E-state index in [1.165, 1.54) is 19.1 Å². The lowest BCUT2D eigenvalue weighted by atomic mass is 10.1. The molecule has 5 nitrogen and oxygen atoms in total. The number of nitrogens with zero attached hydrogens (tertiary/aromatic N) is 1. The molecule has 0 aromatic heterocycles. The summed E-state index contributed by atoms with van der Waals surface area (Å²) in [6.07, 6.45) is 7.49. The highest BCUT2D eigenvalue weighted by atomic mass is 16.6. The topological polar surface area (TPSA) is 72.2 Å². The number of anilines is 1. The molecule has 5 heteroatoms. The molecule has 0 unspecified atom stereocenters. The highest BCUT2D eigenvalue weighted by molar-refractivity contribution is 5.89. The second kappa shape index (κ2) is 7.70. The van der Waals surface area contributed by atoms with Gasteiger partial charge < -0.3 is 5.32 Å². The molecule has 116 valence electrons. The number of nitro benzene ring substituents is 1. The standard InChI is InChI=1S/C18H16N2O3/c1-14(21)19-17-8-4-7-16(13-17)6-3-2-5-15-9-11-18(12-10-15)20(22)23/h2-13H,1H3,(H,19,21). The molecular weight excluding hydrogens is 292 g/mol. The predicted octanol–water partition coefficient (Wildman–Crippen LogP) is 4.28. The minimum atomic E-state index is -0.421. The van der Waals surface area contributed by atoms with Crippen LogP contribution in [0.3, 0.4) is 0 Å². The lowest BCUT2D eigenvalue weighted by Gasteiger charge is -2.02. The third kappa shape index (κ3) is 5.24. The van der Waals surface area contributed by atoms with E-state index in [9.17, 15) is 14.9 Å². The van der Waals surface area contributed by atoms with Gasteiger partial charge in [-0.25, -0.2) is 0 Å². The molecule has 0 aliphatic rings. The third-order valence-electron chi connectivity index (χ3n) is 3.00. The van der Waals surface area contributed by atoms with Crippen molar-refractivity contribution in [3.8, 4) is 0 Å². The third-order valence-corrected chi connectivity index (χ3v) is 3.00. The number of nitro groups is 1. The van der Waals surface area contributed by atoms with Crippen LogP contribution in [0.4, 0.5) is 11.4 Å². The Kier molecular flexibility index (Phi) is 5.41. The van der Waals surface area contributed by atoms with E-state index in [0.29, 0.717) is 0 Å². The SMILES string of the molecule is CC(=O)Nc1cccc(C=CC=Cc2ccc([N+](=O)[O-])cc2)c1.